The van der Waals surface area contributed by atoms with Crippen LogP contribution in [0.1, 0.15) is 25.7 Å². The number of hydrogen-bond acceptors (Lipinski definition) is 5. The van der Waals surface area contributed by atoms with Gasteiger partial charge >= 0.3 is 0 Å². The van der Waals surface area contributed by atoms with Crippen molar-refractivity contribution in [1.82, 2.24) is 19.9 Å². The summed E-state index contributed by atoms with van der Waals surface area (Å²) < 4.78 is 0. The first-order valence-corrected chi connectivity index (χ1v) is 6.00. The summed E-state index contributed by atoms with van der Waals surface area (Å²) in [5.74, 6) is 0.825. The SMILES string of the molecule is NCCCCCCNc1ncnc2nc[nH]c12. The van der Waals surface area contributed by atoms with Gasteiger partial charge in [-0.3, -0.25) is 0 Å². The van der Waals surface area contributed by atoms with Crippen molar-refractivity contribution in [2.75, 3.05) is 18.4 Å². The highest BCUT2D eigenvalue weighted by Gasteiger charge is 2.03. The Bertz CT molecular complexity index is 452. The summed E-state index contributed by atoms with van der Waals surface area (Å²) >= 11 is 0. The number of nitrogens with one attached hydrogen (secondary N) is 2. The maximum atomic E-state index is 5.44. The van der Waals surface area contributed by atoms with E-state index in [2.05, 4.69) is 25.3 Å². The molecule has 0 unspecified atom stereocenters. The van der Waals surface area contributed by atoms with Crippen LogP contribution in [0.2, 0.25) is 0 Å². The topological polar surface area (TPSA) is 92.5 Å². The second-order valence-electron chi connectivity index (χ2n) is 3.95. The van der Waals surface area contributed by atoms with Crippen LogP contribution in [-0.2, 0) is 0 Å². The van der Waals surface area contributed by atoms with Crippen LogP contribution in [0.3, 0.4) is 0 Å². The number of aromatic amines is 1. The van der Waals surface area contributed by atoms with Crippen molar-refractivity contribution >= 4 is 17.0 Å². The van der Waals surface area contributed by atoms with Crippen LogP contribution < -0.4 is 11.1 Å². The number of nitrogens with zero attached hydrogens (tertiary/aromatic N) is 3. The summed E-state index contributed by atoms with van der Waals surface area (Å²) in [6.45, 7) is 1.70. The van der Waals surface area contributed by atoms with E-state index in [-0.39, 0.29) is 0 Å². The maximum absolute atomic E-state index is 5.44. The summed E-state index contributed by atoms with van der Waals surface area (Å²) in [6.07, 6.45) is 7.78. The smallest absolute Gasteiger partial charge is 0.182 e. The Kier molecular flexibility index (Phi) is 4.26. The van der Waals surface area contributed by atoms with E-state index >= 15 is 0 Å². The highest BCUT2D eigenvalue weighted by Crippen LogP contribution is 2.14. The van der Waals surface area contributed by atoms with Gasteiger partial charge in [-0.15, -0.1) is 0 Å². The molecule has 0 aromatic carbocycles. The molecule has 0 saturated carbocycles. The minimum atomic E-state index is 0.700. The van der Waals surface area contributed by atoms with E-state index in [0.29, 0.717) is 5.65 Å². The first kappa shape index (κ1) is 11.8. The van der Waals surface area contributed by atoms with E-state index in [1.165, 1.54) is 19.2 Å². The highest BCUT2D eigenvalue weighted by atomic mass is 15.1. The highest BCUT2D eigenvalue weighted by molar-refractivity contribution is 5.81. The lowest BCUT2D eigenvalue weighted by molar-refractivity contribution is 0.661. The van der Waals surface area contributed by atoms with E-state index in [1.807, 2.05) is 0 Å². The molecule has 2 rings (SSSR count). The predicted octanol–water partition coefficient (Wildman–Crippen LogP) is 1.28. The summed E-state index contributed by atoms with van der Waals surface area (Å²) in [5, 5.41) is 3.30. The number of anilines is 1. The number of aromatic nitrogens is 4. The van der Waals surface area contributed by atoms with Gasteiger partial charge in [0, 0.05) is 6.54 Å². The molecule has 0 radical (unpaired) electrons. The summed E-state index contributed by atoms with van der Waals surface area (Å²) in [5.41, 5.74) is 7.01. The fourth-order valence-electron chi connectivity index (χ4n) is 1.73. The first-order valence-electron chi connectivity index (χ1n) is 6.00. The van der Waals surface area contributed by atoms with Crippen molar-refractivity contribution in [2.45, 2.75) is 25.7 Å². The molecule has 0 bridgehead atoms. The third kappa shape index (κ3) is 3.13. The first-order chi connectivity index (χ1) is 8.42. The van der Waals surface area contributed by atoms with Crippen LogP contribution in [-0.4, -0.2) is 33.0 Å². The van der Waals surface area contributed by atoms with Crippen molar-refractivity contribution in [3.05, 3.63) is 12.7 Å². The normalized spacial score (nSPS) is 10.9. The Hall–Kier alpha value is -1.69. The zero-order valence-electron chi connectivity index (χ0n) is 9.82. The Morgan fingerprint density at radius 1 is 1.12 bits per heavy atom. The quantitative estimate of drug-likeness (QED) is 0.628. The summed E-state index contributed by atoms with van der Waals surface area (Å²) in [6, 6.07) is 0. The molecule has 0 saturated heterocycles. The third-order valence-corrected chi connectivity index (χ3v) is 2.65. The molecule has 0 spiro atoms. The van der Waals surface area contributed by atoms with Gasteiger partial charge in [0.05, 0.1) is 6.33 Å². The molecule has 0 atom stereocenters. The van der Waals surface area contributed by atoms with Gasteiger partial charge in [-0.2, -0.15) is 0 Å². The van der Waals surface area contributed by atoms with Crippen molar-refractivity contribution in [2.24, 2.45) is 5.73 Å². The third-order valence-electron chi connectivity index (χ3n) is 2.65. The molecular weight excluding hydrogens is 216 g/mol. The molecule has 0 aliphatic heterocycles. The molecule has 6 nitrogen and oxygen atoms in total. The second-order valence-corrected chi connectivity index (χ2v) is 3.95. The van der Waals surface area contributed by atoms with Gasteiger partial charge in [-0.25, -0.2) is 15.0 Å². The zero-order chi connectivity index (χ0) is 11.9. The van der Waals surface area contributed by atoms with E-state index in [1.54, 1.807) is 6.33 Å². The lowest BCUT2D eigenvalue weighted by Gasteiger charge is -2.05. The fraction of sp³-hybridized carbons (Fsp3) is 0.545. The number of fused-ring (bicyclic) bond motifs is 1. The zero-order valence-corrected chi connectivity index (χ0v) is 9.82. The molecule has 4 N–H and O–H groups in total. The van der Waals surface area contributed by atoms with Crippen molar-refractivity contribution < 1.29 is 0 Å². The average molecular weight is 234 g/mol. The predicted molar refractivity (Wildman–Crippen MR) is 67.7 cm³/mol. The molecule has 0 fully saturated rings. The van der Waals surface area contributed by atoms with Gasteiger partial charge < -0.3 is 16.0 Å². The number of H-pyrrole nitrogens is 1. The minimum Gasteiger partial charge on any atom is -0.368 e. The molecule has 0 aliphatic rings. The standard InChI is InChI=1S/C11H18N6/c12-5-3-1-2-4-6-13-10-9-11(15-7-14-9)17-8-16-10/h7-8H,1-6,12H2,(H2,13,14,15,16,17). The Morgan fingerprint density at radius 3 is 2.88 bits per heavy atom. The van der Waals surface area contributed by atoms with Crippen LogP contribution in [0.25, 0.3) is 11.2 Å². The molecule has 6 heteroatoms. The Morgan fingerprint density at radius 2 is 2.00 bits per heavy atom. The van der Waals surface area contributed by atoms with Gasteiger partial charge in [-0.1, -0.05) is 12.8 Å². The van der Waals surface area contributed by atoms with Gasteiger partial charge in [0.1, 0.15) is 11.8 Å². The lowest BCUT2D eigenvalue weighted by atomic mass is 10.2. The van der Waals surface area contributed by atoms with Crippen LogP contribution in [0.4, 0.5) is 5.82 Å². The Labute approximate surface area is 100 Å². The number of hydrogen-bond donors (Lipinski definition) is 3. The lowest BCUT2D eigenvalue weighted by Crippen LogP contribution is -2.05. The molecule has 0 aliphatic carbocycles. The second kappa shape index (κ2) is 6.15. The molecule has 92 valence electrons. The molecule has 0 amide bonds. The van der Waals surface area contributed by atoms with Crippen LogP contribution in [0.5, 0.6) is 0 Å². The maximum Gasteiger partial charge on any atom is 0.182 e. The average Bonchev–Trinajstić information content (AvgIpc) is 2.82. The van der Waals surface area contributed by atoms with Gasteiger partial charge in [-0.05, 0) is 19.4 Å². The molecule has 2 aromatic heterocycles. The van der Waals surface area contributed by atoms with Gasteiger partial charge in [0.25, 0.3) is 0 Å². The minimum absolute atomic E-state index is 0.700. The van der Waals surface area contributed by atoms with Crippen LogP contribution in [0.15, 0.2) is 12.7 Å². The monoisotopic (exact) mass is 234 g/mol. The molecule has 17 heavy (non-hydrogen) atoms. The molecular formula is C11H18N6. The molecule has 2 aromatic rings. The van der Waals surface area contributed by atoms with E-state index < -0.39 is 0 Å². The van der Waals surface area contributed by atoms with Gasteiger partial charge in [0.15, 0.2) is 11.5 Å². The van der Waals surface area contributed by atoms with Crippen LogP contribution in [0, 0.1) is 0 Å². The largest absolute Gasteiger partial charge is 0.368 e. The van der Waals surface area contributed by atoms with Crippen molar-refractivity contribution in [1.29, 1.82) is 0 Å². The van der Waals surface area contributed by atoms with E-state index in [9.17, 15) is 0 Å². The van der Waals surface area contributed by atoms with Crippen molar-refractivity contribution in [3.8, 4) is 0 Å². The van der Waals surface area contributed by atoms with E-state index in [4.69, 9.17) is 5.73 Å². The number of unbranched alkanes of at least 4 members (excludes halogenated alkanes) is 3. The summed E-state index contributed by atoms with van der Waals surface area (Å²) in [4.78, 5) is 15.4. The van der Waals surface area contributed by atoms with Crippen LogP contribution >= 0.6 is 0 Å². The van der Waals surface area contributed by atoms with Gasteiger partial charge in [0.2, 0.25) is 0 Å². The number of imidazole rings is 1. The fourth-order valence-corrected chi connectivity index (χ4v) is 1.73. The Balaban J connectivity index is 1.80. The number of nitrogens with two attached hydrogens (primary N) is 1. The summed E-state index contributed by atoms with van der Waals surface area (Å²) in [7, 11) is 0. The number of rotatable bonds is 7. The van der Waals surface area contributed by atoms with Crippen molar-refractivity contribution in [3.63, 3.8) is 0 Å². The molecule has 2 heterocycles. The van der Waals surface area contributed by atoms with E-state index in [0.717, 1.165) is 37.3 Å².